The second kappa shape index (κ2) is 9.77. The van der Waals surface area contributed by atoms with Gasteiger partial charge in [0.05, 0.1) is 0 Å². The standard InChI is InChI=1S/C24H27NO2/c1-2-3-4-10-15-25-24(26)21-16-20-13-8-9-14-22(20)23(17-21)27-18-19-11-6-5-7-12-19/h5-9,11-14,16-17H,2-4,10,15,18H2,1H3,(H,25,26). The van der Waals surface area contributed by atoms with Gasteiger partial charge in [0.15, 0.2) is 0 Å². The maximum absolute atomic E-state index is 12.6. The van der Waals surface area contributed by atoms with E-state index in [0.717, 1.165) is 34.9 Å². The maximum atomic E-state index is 12.6. The van der Waals surface area contributed by atoms with Crippen molar-refractivity contribution in [2.24, 2.45) is 0 Å². The number of unbranched alkanes of at least 4 members (excludes halogenated alkanes) is 3. The van der Waals surface area contributed by atoms with Crippen LogP contribution in [0.4, 0.5) is 0 Å². The van der Waals surface area contributed by atoms with Crippen molar-refractivity contribution in [3.05, 3.63) is 77.9 Å². The van der Waals surface area contributed by atoms with Crippen molar-refractivity contribution in [1.29, 1.82) is 0 Å². The van der Waals surface area contributed by atoms with Crippen molar-refractivity contribution < 1.29 is 9.53 Å². The highest BCUT2D eigenvalue weighted by molar-refractivity contribution is 6.00. The number of fused-ring (bicyclic) bond motifs is 1. The molecule has 0 spiro atoms. The van der Waals surface area contributed by atoms with E-state index in [1.54, 1.807) is 0 Å². The Morgan fingerprint density at radius 1 is 0.926 bits per heavy atom. The van der Waals surface area contributed by atoms with E-state index in [1.165, 1.54) is 12.8 Å². The number of carbonyl (C=O) groups is 1. The van der Waals surface area contributed by atoms with Gasteiger partial charge in [0, 0.05) is 17.5 Å². The monoisotopic (exact) mass is 361 g/mol. The highest BCUT2D eigenvalue weighted by Gasteiger charge is 2.11. The lowest BCUT2D eigenvalue weighted by atomic mass is 10.1. The minimum absolute atomic E-state index is 0.0400. The summed E-state index contributed by atoms with van der Waals surface area (Å²) < 4.78 is 6.07. The molecule has 0 fully saturated rings. The Bertz CT molecular complexity index is 874. The SMILES string of the molecule is CCCCCCNC(=O)c1cc(OCc2ccccc2)c2ccccc2c1. The zero-order chi connectivity index (χ0) is 18.9. The Morgan fingerprint density at radius 2 is 1.70 bits per heavy atom. The lowest BCUT2D eigenvalue weighted by Crippen LogP contribution is -2.24. The molecule has 3 aromatic carbocycles. The van der Waals surface area contributed by atoms with Gasteiger partial charge >= 0.3 is 0 Å². The highest BCUT2D eigenvalue weighted by atomic mass is 16.5. The number of carbonyl (C=O) groups excluding carboxylic acids is 1. The predicted molar refractivity (Wildman–Crippen MR) is 111 cm³/mol. The van der Waals surface area contributed by atoms with Crippen molar-refractivity contribution in [2.45, 2.75) is 39.2 Å². The molecule has 0 aliphatic carbocycles. The van der Waals surface area contributed by atoms with Gasteiger partial charge in [0.1, 0.15) is 12.4 Å². The molecule has 0 heterocycles. The van der Waals surface area contributed by atoms with E-state index < -0.39 is 0 Å². The van der Waals surface area contributed by atoms with Gasteiger partial charge in [0.25, 0.3) is 5.91 Å². The Labute approximate surface area is 161 Å². The van der Waals surface area contributed by atoms with E-state index in [1.807, 2.05) is 66.7 Å². The topological polar surface area (TPSA) is 38.3 Å². The first-order chi connectivity index (χ1) is 13.3. The molecule has 0 unspecified atom stereocenters. The summed E-state index contributed by atoms with van der Waals surface area (Å²) in [4.78, 5) is 12.6. The van der Waals surface area contributed by atoms with E-state index >= 15 is 0 Å². The third-order valence-electron chi connectivity index (χ3n) is 4.64. The summed E-state index contributed by atoms with van der Waals surface area (Å²) in [7, 11) is 0. The first-order valence-electron chi connectivity index (χ1n) is 9.75. The third kappa shape index (κ3) is 5.33. The third-order valence-corrected chi connectivity index (χ3v) is 4.64. The van der Waals surface area contributed by atoms with E-state index in [2.05, 4.69) is 12.2 Å². The van der Waals surface area contributed by atoms with Crippen LogP contribution in [-0.2, 0) is 6.61 Å². The van der Waals surface area contributed by atoms with Gasteiger partial charge in [-0.25, -0.2) is 0 Å². The summed E-state index contributed by atoms with van der Waals surface area (Å²) in [6.07, 6.45) is 4.58. The highest BCUT2D eigenvalue weighted by Crippen LogP contribution is 2.28. The number of nitrogens with one attached hydrogen (secondary N) is 1. The zero-order valence-electron chi connectivity index (χ0n) is 15.9. The Hall–Kier alpha value is -2.81. The van der Waals surface area contributed by atoms with Crippen molar-refractivity contribution in [3.63, 3.8) is 0 Å². The predicted octanol–water partition coefficient (Wildman–Crippen LogP) is 5.73. The van der Waals surface area contributed by atoms with Crippen LogP contribution < -0.4 is 10.1 Å². The molecule has 3 nitrogen and oxygen atoms in total. The Kier molecular flexibility index (Phi) is 6.86. The van der Waals surface area contributed by atoms with Crippen LogP contribution >= 0.6 is 0 Å². The van der Waals surface area contributed by atoms with Gasteiger partial charge in [-0.1, -0.05) is 80.8 Å². The van der Waals surface area contributed by atoms with Gasteiger partial charge in [-0.3, -0.25) is 4.79 Å². The average Bonchev–Trinajstić information content (AvgIpc) is 2.72. The minimum Gasteiger partial charge on any atom is -0.488 e. The van der Waals surface area contributed by atoms with Crippen LogP contribution in [0, 0.1) is 0 Å². The van der Waals surface area contributed by atoms with Crippen LogP contribution in [0.1, 0.15) is 48.5 Å². The lowest BCUT2D eigenvalue weighted by Gasteiger charge is -2.12. The summed E-state index contributed by atoms with van der Waals surface area (Å²) in [5.41, 5.74) is 1.75. The first kappa shape index (κ1) is 19.0. The molecular formula is C24H27NO2. The molecule has 27 heavy (non-hydrogen) atoms. The number of hydrogen-bond donors (Lipinski definition) is 1. The molecule has 0 saturated carbocycles. The van der Waals surface area contributed by atoms with Gasteiger partial charge in [0.2, 0.25) is 0 Å². The molecule has 3 heteroatoms. The minimum atomic E-state index is -0.0400. The quantitative estimate of drug-likeness (QED) is 0.494. The van der Waals surface area contributed by atoms with Crippen LogP contribution in [-0.4, -0.2) is 12.5 Å². The molecule has 3 rings (SSSR count). The van der Waals surface area contributed by atoms with Gasteiger partial charge < -0.3 is 10.1 Å². The van der Waals surface area contributed by atoms with Gasteiger partial charge in [-0.2, -0.15) is 0 Å². The van der Waals surface area contributed by atoms with Crippen LogP contribution in [0.15, 0.2) is 66.7 Å². The number of hydrogen-bond acceptors (Lipinski definition) is 2. The van der Waals surface area contributed by atoms with Gasteiger partial charge in [-0.15, -0.1) is 0 Å². The molecule has 140 valence electrons. The summed E-state index contributed by atoms with van der Waals surface area (Å²) >= 11 is 0. The van der Waals surface area contributed by atoms with Crippen molar-refractivity contribution in [3.8, 4) is 5.75 Å². The van der Waals surface area contributed by atoms with Crippen molar-refractivity contribution in [2.75, 3.05) is 6.54 Å². The van der Waals surface area contributed by atoms with E-state index in [9.17, 15) is 4.79 Å². The fourth-order valence-electron chi connectivity index (χ4n) is 3.12. The smallest absolute Gasteiger partial charge is 0.251 e. The Morgan fingerprint density at radius 3 is 2.52 bits per heavy atom. The lowest BCUT2D eigenvalue weighted by molar-refractivity contribution is 0.0952. The normalized spacial score (nSPS) is 10.7. The van der Waals surface area contributed by atoms with Crippen LogP contribution in [0.5, 0.6) is 5.75 Å². The summed E-state index contributed by atoms with van der Waals surface area (Å²) in [5.74, 6) is 0.704. The van der Waals surface area contributed by atoms with Crippen LogP contribution in [0.3, 0.4) is 0 Å². The zero-order valence-corrected chi connectivity index (χ0v) is 15.9. The fourth-order valence-corrected chi connectivity index (χ4v) is 3.12. The molecule has 1 N–H and O–H groups in total. The second-order valence-corrected chi connectivity index (χ2v) is 6.79. The van der Waals surface area contributed by atoms with Crippen molar-refractivity contribution in [1.82, 2.24) is 5.32 Å². The molecule has 0 aliphatic rings. The number of amides is 1. The first-order valence-corrected chi connectivity index (χ1v) is 9.75. The number of rotatable bonds is 9. The second-order valence-electron chi connectivity index (χ2n) is 6.79. The molecule has 0 radical (unpaired) electrons. The number of ether oxygens (including phenoxy) is 1. The molecule has 0 saturated heterocycles. The fraction of sp³-hybridized carbons (Fsp3) is 0.292. The van der Waals surface area contributed by atoms with E-state index in [4.69, 9.17) is 4.74 Å². The van der Waals surface area contributed by atoms with Gasteiger partial charge in [-0.05, 0) is 29.5 Å². The van der Waals surface area contributed by atoms with E-state index in [-0.39, 0.29) is 5.91 Å². The number of benzene rings is 3. The molecular weight excluding hydrogens is 334 g/mol. The molecule has 0 aromatic heterocycles. The average molecular weight is 361 g/mol. The van der Waals surface area contributed by atoms with Crippen LogP contribution in [0.2, 0.25) is 0 Å². The summed E-state index contributed by atoms with van der Waals surface area (Å²) in [6.45, 7) is 3.38. The Balaban J connectivity index is 1.75. The molecule has 0 bridgehead atoms. The largest absolute Gasteiger partial charge is 0.488 e. The van der Waals surface area contributed by atoms with Crippen LogP contribution in [0.25, 0.3) is 10.8 Å². The molecule has 0 atom stereocenters. The molecule has 1 amide bonds. The van der Waals surface area contributed by atoms with Crippen molar-refractivity contribution >= 4 is 16.7 Å². The molecule has 0 aliphatic heterocycles. The summed E-state index contributed by atoms with van der Waals surface area (Å²) in [5, 5.41) is 5.06. The maximum Gasteiger partial charge on any atom is 0.251 e. The van der Waals surface area contributed by atoms with E-state index in [0.29, 0.717) is 18.7 Å². The summed E-state index contributed by atoms with van der Waals surface area (Å²) in [6, 6.07) is 21.9. The molecule has 3 aromatic rings.